The van der Waals surface area contributed by atoms with E-state index < -0.39 is 15.9 Å². The second-order valence-electron chi connectivity index (χ2n) is 7.81. The van der Waals surface area contributed by atoms with Gasteiger partial charge in [-0.25, -0.2) is 0 Å². The Morgan fingerprint density at radius 2 is 1.65 bits per heavy atom. The summed E-state index contributed by atoms with van der Waals surface area (Å²) in [6.45, 7) is 9.32. The van der Waals surface area contributed by atoms with Crippen molar-refractivity contribution in [3.05, 3.63) is 0 Å². The molecule has 5 nitrogen and oxygen atoms in total. The molecule has 2 rings (SSSR count). The van der Waals surface area contributed by atoms with Crippen LogP contribution in [0.3, 0.4) is 0 Å². The fourth-order valence-electron chi connectivity index (χ4n) is 4.02. The van der Waals surface area contributed by atoms with E-state index in [9.17, 15) is 8.42 Å². The minimum atomic E-state index is -3.44. The van der Waals surface area contributed by atoms with Crippen molar-refractivity contribution in [2.45, 2.75) is 58.8 Å². The third kappa shape index (κ3) is 4.16. The molecule has 1 heterocycles. The van der Waals surface area contributed by atoms with Gasteiger partial charge in [0.1, 0.15) is 6.10 Å². The maximum Gasteiger partial charge on any atom is 0.264 e. The van der Waals surface area contributed by atoms with Crippen LogP contribution in [0.4, 0.5) is 0 Å². The second kappa shape index (κ2) is 4.93. The largest absolute Gasteiger partial charge is 0.347 e. The smallest absolute Gasteiger partial charge is 0.264 e. The molecule has 1 saturated carbocycles. The first-order chi connectivity index (χ1) is 8.91. The van der Waals surface area contributed by atoms with Gasteiger partial charge in [-0.3, -0.25) is 4.18 Å². The molecule has 1 saturated heterocycles. The minimum absolute atomic E-state index is 0.0292. The predicted octanol–water partition coefficient (Wildman–Crippen LogP) is 2.31. The lowest BCUT2D eigenvalue weighted by Crippen LogP contribution is -2.47. The molecule has 0 aromatic carbocycles. The highest BCUT2D eigenvalue weighted by Crippen LogP contribution is 2.53. The monoisotopic (exact) mass is 306 g/mol. The lowest BCUT2D eigenvalue weighted by Gasteiger charge is -2.49. The van der Waals surface area contributed by atoms with Crippen LogP contribution in [0.2, 0.25) is 0 Å². The predicted molar refractivity (Wildman–Crippen MR) is 75.8 cm³/mol. The zero-order chi connectivity index (χ0) is 15.2. The van der Waals surface area contributed by atoms with Gasteiger partial charge in [0.05, 0.1) is 19.5 Å². The summed E-state index contributed by atoms with van der Waals surface area (Å²) in [5.74, 6) is -0.587. The van der Waals surface area contributed by atoms with Crippen LogP contribution in [-0.2, 0) is 23.8 Å². The highest BCUT2D eigenvalue weighted by molar-refractivity contribution is 7.85. The van der Waals surface area contributed by atoms with Gasteiger partial charge in [0, 0.05) is 12.8 Å². The van der Waals surface area contributed by atoms with Crippen LogP contribution in [-0.4, -0.2) is 39.8 Å². The lowest BCUT2D eigenvalue weighted by atomic mass is 9.63. The fraction of sp³-hybridized carbons (Fsp3) is 1.00. The van der Waals surface area contributed by atoms with Gasteiger partial charge in [-0.15, -0.1) is 0 Å². The maximum atomic E-state index is 11.0. The first-order valence-corrected chi connectivity index (χ1v) is 8.88. The molecule has 0 amide bonds. The van der Waals surface area contributed by atoms with E-state index in [1.165, 1.54) is 0 Å². The van der Waals surface area contributed by atoms with Crippen LogP contribution < -0.4 is 0 Å². The van der Waals surface area contributed by atoms with Gasteiger partial charge in [0.25, 0.3) is 10.1 Å². The molecule has 118 valence electrons. The molecule has 6 heteroatoms. The third-order valence-corrected chi connectivity index (χ3v) is 4.40. The van der Waals surface area contributed by atoms with Crippen LogP contribution >= 0.6 is 0 Å². The summed E-state index contributed by atoms with van der Waals surface area (Å²) in [4.78, 5) is 0. The van der Waals surface area contributed by atoms with E-state index in [1.54, 1.807) is 0 Å². The highest BCUT2D eigenvalue weighted by Gasteiger charge is 2.53. The Hall–Kier alpha value is -0.170. The van der Waals surface area contributed by atoms with Gasteiger partial charge in [0.15, 0.2) is 5.79 Å². The van der Waals surface area contributed by atoms with Gasteiger partial charge in [-0.1, -0.05) is 27.7 Å². The molecule has 1 spiro atoms. The standard InChI is InChI=1S/C14H26O5S/c1-12(2)8-13(3,4)10-14(9-12)17-6-11(19-14)7-18-20(5,15)16/h11H,6-10H2,1-5H3. The fourth-order valence-corrected chi connectivity index (χ4v) is 4.42. The Balaban J connectivity index is 2.03. The molecule has 0 N–H and O–H groups in total. The van der Waals surface area contributed by atoms with Crippen LogP contribution in [0.15, 0.2) is 0 Å². The molecule has 1 aliphatic carbocycles. The highest BCUT2D eigenvalue weighted by atomic mass is 32.2. The zero-order valence-corrected chi connectivity index (χ0v) is 13.9. The minimum Gasteiger partial charge on any atom is -0.347 e. The van der Waals surface area contributed by atoms with Gasteiger partial charge in [-0.2, -0.15) is 8.42 Å². The summed E-state index contributed by atoms with van der Waals surface area (Å²) in [5.41, 5.74) is 0.294. The first kappa shape index (κ1) is 16.2. The van der Waals surface area contributed by atoms with E-state index in [2.05, 4.69) is 27.7 Å². The SMILES string of the molecule is CC1(C)CC(C)(C)CC2(C1)OCC(COS(C)(=O)=O)O2. The van der Waals surface area contributed by atoms with Crippen molar-refractivity contribution in [3.63, 3.8) is 0 Å². The maximum absolute atomic E-state index is 11.0. The Kier molecular flexibility index (Phi) is 4.00. The topological polar surface area (TPSA) is 61.8 Å². The zero-order valence-electron chi connectivity index (χ0n) is 13.1. The third-order valence-electron chi connectivity index (χ3n) is 3.83. The normalized spacial score (nSPS) is 31.6. The van der Waals surface area contributed by atoms with Gasteiger partial charge in [-0.05, 0) is 17.3 Å². The number of ether oxygens (including phenoxy) is 2. The van der Waals surface area contributed by atoms with Gasteiger partial charge >= 0.3 is 0 Å². The summed E-state index contributed by atoms with van der Waals surface area (Å²) >= 11 is 0. The molecule has 0 bridgehead atoms. The summed E-state index contributed by atoms with van der Waals surface area (Å²) in [6, 6.07) is 0. The Labute approximate surface area is 122 Å². The van der Waals surface area contributed by atoms with Crippen LogP contribution in [0.25, 0.3) is 0 Å². The van der Waals surface area contributed by atoms with Crippen molar-refractivity contribution in [1.82, 2.24) is 0 Å². The molecule has 0 aromatic heterocycles. The molecule has 2 aliphatic rings. The van der Waals surface area contributed by atoms with Crippen molar-refractivity contribution >= 4 is 10.1 Å². The second-order valence-corrected chi connectivity index (χ2v) is 9.45. The molecule has 0 aromatic rings. The van der Waals surface area contributed by atoms with E-state index >= 15 is 0 Å². The number of hydrogen-bond acceptors (Lipinski definition) is 5. The van der Waals surface area contributed by atoms with E-state index in [0.717, 1.165) is 25.5 Å². The average Bonchev–Trinajstić information content (AvgIpc) is 2.51. The van der Waals surface area contributed by atoms with E-state index in [1.807, 2.05) is 0 Å². The van der Waals surface area contributed by atoms with E-state index in [0.29, 0.717) is 6.61 Å². The summed E-state index contributed by atoms with van der Waals surface area (Å²) in [7, 11) is -3.44. The Morgan fingerprint density at radius 1 is 1.10 bits per heavy atom. The summed E-state index contributed by atoms with van der Waals surface area (Å²) in [6.07, 6.45) is 3.52. The van der Waals surface area contributed by atoms with Crippen molar-refractivity contribution < 1.29 is 22.1 Å². The average molecular weight is 306 g/mol. The van der Waals surface area contributed by atoms with Crippen molar-refractivity contribution in [2.24, 2.45) is 10.8 Å². The number of hydrogen-bond donors (Lipinski definition) is 0. The lowest BCUT2D eigenvalue weighted by molar-refractivity contribution is -0.231. The molecular formula is C14H26O5S. The summed E-state index contributed by atoms with van der Waals surface area (Å²) in [5, 5.41) is 0. The molecule has 2 fully saturated rings. The molecule has 0 radical (unpaired) electrons. The van der Waals surface area contributed by atoms with Gasteiger partial charge in [0.2, 0.25) is 0 Å². The van der Waals surface area contributed by atoms with Crippen LogP contribution in [0, 0.1) is 10.8 Å². The Bertz CT molecular complexity index is 450. The van der Waals surface area contributed by atoms with Crippen LogP contribution in [0.1, 0.15) is 47.0 Å². The first-order valence-electron chi connectivity index (χ1n) is 7.07. The number of rotatable bonds is 3. The van der Waals surface area contributed by atoms with Crippen molar-refractivity contribution in [1.29, 1.82) is 0 Å². The van der Waals surface area contributed by atoms with Crippen molar-refractivity contribution in [3.8, 4) is 0 Å². The quantitative estimate of drug-likeness (QED) is 0.749. The molecule has 1 unspecified atom stereocenters. The molecule has 1 atom stereocenters. The molecular weight excluding hydrogens is 280 g/mol. The van der Waals surface area contributed by atoms with Gasteiger partial charge < -0.3 is 9.47 Å². The van der Waals surface area contributed by atoms with Crippen molar-refractivity contribution in [2.75, 3.05) is 19.5 Å². The summed E-state index contributed by atoms with van der Waals surface area (Å²) < 4.78 is 38.9. The van der Waals surface area contributed by atoms with E-state index in [4.69, 9.17) is 13.7 Å². The van der Waals surface area contributed by atoms with Crippen LogP contribution in [0.5, 0.6) is 0 Å². The Morgan fingerprint density at radius 3 is 2.15 bits per heavy atom. The molecule has 1 aliphatic heterocycles. The van der Waals surface area contributed by atoms with E-state index in [-0.39, 0.29) is 23.5 Å². The molecule has 20 heavy (non-hydrogen) atoms.